The molecule has 2 aromatic carbocycles. The van der Waals surface area contributed by atoms with Crippen molar-refractivity contribution in [3.63, 3.8) is 0 Å². The first-order valence-corrected chi connectivity index (χ1v) is 11.8. The number of aryl methyl sites for hydroxylation is 1. The van der Waals surface area contributed by atoms with Crippen LogP contribution in [0.15, 0.2) is 48.5 Å². The molecule has 0 aliphatic heterocycles. The first-order chi connectivity index (χ1) is 17.5. The highest BCUT2D eigenvalue weighted by Crippen LogP contribution is 2.29. The van der Waals surface area contributed by atoms with Crippen LogP contribution in [-0.2, 0) is 11.3 Å². The summed E-state index contributed by atoms with van der Waals surface area (Å²) in [6, 6.07) is 16.2. The van der Waals surface area contributed by atoms with Gasteiger partial charge in [0.25, 0.3) is 6.01 Å². The highest BCUT2D eigenvalue weighted by Gasteiger charge is 2.20. The number of imidazole rings is 1. The van der Waals surface area contributed by atoms with Gasteiger partial charge in [-0.3, -0.25) is 4.57 Å². The third-order valence-electron chi connectivity index (χ3n) is 6.11. The second-order valence-corrected chi connectivity index (χ2v) is 8.34. The number of ether oxygens (including phenoxy) is 2. The number of tetrazole rings is 1. The lowest BCUT2D eigenvalue weighted by atomic mass is 10.1. The fraction of sp³-hybridized carbons (Fsp3) is 0.269. The summed E-state index contributed by atoms with van der Waals surface area (Å²) in [7, 11) is 0. The Labute approximate surface area is 207 Å². The molecule has 36 heavy (non-hydrogen) atoms. The van der Waals surface area contributed by atoms with E-state index < -0.39 is 0 Å². The standard InChI is InChI=1S/C26H27N7O3/c1-5-35-25(34)20-8-7-9-21-23(20)32(26(27-21)36-6-2)15-18-10-12-19(13-11-18)33-17(4)16(3)14-22(33)24-28-30-31-29-24/h7-14H,5-6,15H2,1-4H3,(H,28,29,30,31). The molecule has 0 aliphatic rings. The lowest BCUT2D eigenvalue weighted by Crippen LogP contribution is -2.10. The van der Waals surface area contributed by atoms with Crippen LogP contribution in [0, 0.1) is 13.8 Å². The number of nitrogens with zero attached hydrogens (tertiary/aromatic N) is 6. The van der Waals surface area contributed by atoms with Gasteiger partial charge in [0.1, 0.15) is 0 Å². The van der Waals surface area contributed by atoms with Crippen molar-refractivity contribution in [3.05, 3.63) is 70.9 Å². The molecule has 3 heterocycles. The molecule has 1 N–H and O–H groups in total. The van der Waals surface area contributed by atoms with Gasteiger partial charge < -0.3 is 14.0 Å². The molecule has 0 amide bonds. The number of carbonyl (C=O) groups excluding carboxylic acids is 1. The predicted molar refractivity (Wildman–Crippen MR) is 134 cm³/mol. The van der Waals surface area contributed by atoms with E-state index in [2.05, 4.69) is 74.4 Å². The SMILES string of the molecule is CCOC(=O)c1cccc2nc(OCC)n(Cc3ccc(-n4c(-c5nn[nH]n5)cc(C)c4C)cc3)c12. The van der Waals surface area contributed by atoms with Crippen LogP contribution in [0.5, 0.6) is 6.01 Å². The smallest absolute Gasteiger partial charge is 0.340 e. The Bertz CT molecular complexity index is 1520. The van der Waals surface area contributed by atoms with Crippen LogP contribution in [0.25, 0.3) is 28.2 Å². The molecular weight excluding hydrogens is 458 g/mol. The highest BCUT2D eigenvalue weighted by molar-refractivity contribution is 6.02. The van der Waals surface area contributed by atoms with Gasteiger partial charge in [-0.2, -0.15) is 10.2 Å². The minimum absolute atomic E-state index is 0.299. The molecule has 0 saturated heterocycles. The number of esters is 1. The zero-order valence-electron chi connectivity index (χ0n) is 20.6. The number of hydrogen-bond donors (Lipinski definition) is 1. The van der Waals surface area contributed by atoms with Crippen molar-refractivity contribution >= 4 is 17.0 Å². The van der Waals surface area contributed by atoms with Crippen molar-refractivity contribution in [2.24, 2.45) is 0 Å². The van der Waals surface area contributed by atoms with Crippen LogP contribution in [-0.4, -0.2) is 53.9 Å². The Morgan fingerprint density at radius 2 is 1.86 bits per heavy atom. The summed E-state index contributed by atoms with van der Waals surface area (Å²) in [4.78, 5) is 17.3. The largest absolute Gasteiger partial charge is 0.465 e. The van der Waals surface area contributed by atoms with E-state index >= 15 is 0 Å². The van der Waals surface area contributed by atoms with Gasteiger partial charge in [0.2, 0.25) is 5.82 Å². The van der Waals surface area contributed by atoms with E-state index in [9.17, 15) is 4.79 Å². The lowest BCUT2D eigenvalue weighted by Gasteiger charge is -2.13. The molecule has 10 heteroatoms. The second-order valence-electron chi connectivity index (χ2n) is 8.34. The molecule has 0 unspecified atom stereocenters. The van der Waals surface area contributed by atoms with Crippen molar-refractivity contribution in [2.75, 3.05) is 13.2 Å². The van der Waals surface area contributed by atoms with Crippen LogP contribution in [0.2, 0.25) is 0 Å². The fourth-order valence-electron chi connectivity index (χ4n) is 4.36. The first kappa shape index (κ1) is 23.3. The second kappa shape index (κ2) is 9.65. The van der Waals surface area contributed by atoms with Crippen molar-refractivity contribution in [3.8, 4) is 23.2 Å². The zero-order chi connectivity index (χ0) is 25.2. The van der Waals surface area contributed by atoms with E-state index in [-0.39, 0.29) is 5.97 Å². The molecule has 5 aromatic rings. The zero-order valence-corrected chi connectivity index (χ0v) is 20.6. The first-order valence-electron chi connectivity index (χ1n) is 11.8. The molecule has 5 rings (SSSR count). The lowest BCUT2D eigenvalue weighted by molar-refractivity contribution is 0.0528. The van der Waals surface area contributed by atoms with E-state index in [1.807, 2.05) is 17.6 Å². The van der Waals surface area contributed by atoms with Gasteiger partial charge in [-0.05, 0) is 74.4 Å². The third kappa shape index (κ3) is 4.10. The Balaban J connectivity index is 1.54. The summed E-state index contributed by atoms with van der Waals surface area (Å²) in [5.41, 5.74) is 6.95. The van der Waals surface area contributed by atoms with Crippen LogP contribution >= 0.6 is 0 Å². The third-order valence-corrected chi connectivity index (χ3v) is 6.11. The number of rotatable bonds is 8. The number of hydrogen-bond acceptors (Lipinski definition) is 7. The number of nitrogens with one attached hydrogen (secondary N) is 1. The highest BCUT2D eigenvalue weighted by atomic mass is 16.5. The maximum atomic E-state index is 12.7. The number of aromatic nitrogens is 7. The molecule has 184 valence electrons. The summed E-state index contributed by atoms with van der Waals surface area (Å²) in [5, 5.41) is 14.5. The molecular formula is C26H27N7O3. The van der Waals surface area contributed by atoms with E-state index in [1.54, 1.807) is 19.1 Å². The number of fused-ring (bicyclic) bond motifs is 1. The van der Waals surface area contributed by atoms with Crippen molar-refractivity contribution in [1.29, 1.82) is 0 Å². The molecule has 0 radical (unpaired) electrons. The van der Waals surface area contributed by atoms with Crippen molar-refractivity contribution in [1.82, 2.24) is 34.7 Å². The summed E-state index contributed by atoms with van der Waals surface area (Å²) < 4.78 is 15.2. The maximum Gasteiger partial charge on any atom is 0.340 e. The number of aromatic amines is 1. The van der Waals surface area contributed by atoms with Gasteiger partial charge >= 0.3 is 5.97 Å². The van der Waals surface area contributed by atoms with E-state index in [1.165, 1.54) is 0 Å². The molecule has 3 aromatic heterocycles. The maximum absolute atomic E-state index is 12.7. The van der Waals surface area contributed by atoms with E-state index in [0.717, 1.165) is 28.2 Å². The fourth-order valence-corrected chi connectivity index (χ4v) is 4.36. The number of para-hydroxylation sites is 1. The molecule has 0 saturated carbocycles. The molecule has 0 aliphatic carbocycles. The summed E-state index contributed by atoms with van der Waals surface area (Å²) >= 11 is 0. The average Bonchev–Trinajstić information content (AvgIpc) is 3.59. The van der Waals surface area contributed by atoms with Gasteiger partial charge in [0, 0.05) is 11.4 Å². The predicted octanol–water partition coefficient (Wildman–Crippen LogP) is 4.25. The normalized spacial score (nSPS) is 11.2. The molecule has 0 fully saturated rings. The van der Waals surface area contributed by atoms with Gasteiger partial charge in [-0.1, -0.05) is 18.2 Å². The van der Waals surface area contributed by atoms with Gasteiger partial charge in [0.05, 0.1) is 42.0 Å². The minimum Gasteiger partial charge on any atom is -0.465 e. The summed E-state index contributed by atoms with van der Waals surface area (Å²) in [5.74, 6) is 0.156. The van der Waals surface area contributed by atoms with Crippen LogP contribution in [0.3, 0.4) is 0 Å². The topological polar surface area (TPSA) is 113 Å². The Morgan fingerprint density at radius 3 is 2.56 bits per heavy atom. The van der Waals surface area contributed by atoms with E-state index in [4.69, 9.17) is 9.47 Å². The van der Waals surface area contributed by atoms with Crippen LogP contribution < -0.4 is 4.74 Å². The Kier molecular flexibility index (Phi) is 6.24. The Morgan fingerprint density at radius 1 is 1.06 bits per heavy atom. The van der Waals surface area contributed by atoms with Crippen LogP contribution in [0.4, 0.5) is 0 Å². The summed E-state index contributed by atoms with van der Waals surface area (Å²) in [6.45, 7) is 9.06. The average molecular weight is 486 g/mol. The van der Waals surface area contributed by atoms with E-state index in [0.29, 0.717) is 48.2 Å². The number of H-pyrrole nitrogens is 1. The molecule has 0 spiro atoms. The Hall–Kier alpha value is -4.47. The van der Waals surface area contributed by atoms with Gasteiger partial charge in [-0.15, -0.1) is 10.2 Å². The molecule has 0 atom stereocenters. The minimum atomic E-state index is -0.380. The number of carbonyl (C=O) groups is 1. The summed E-state index contributed by atoms with van der Waals surface area (Å²) in [6.07, 6.45) is 0. The van der Waals surface area contributed by atoms with Crippen molar-refractivity contribution in [2.45, 2.75) is 34.2 Å². The molecule has 10 nitrogen and oxygen atoms in total. The molecule has 0 bridgehead atoms. The number of benzene rings is 2. The van der Waals surface area contributed by atoms with Crippen LogP contribution in [0.1, 0.15) is 41.0 Å². The quantitative estimate of drug-likeness (QED) is 0.327. The van der Waals surface area contributed by atoms with Gasteiger partial charge in [-0.25, -0.2) is 4.79 Å². The van der Waals surface area contributed by atoms with Crippen molar-refractivity contribution < 1.29 is 14.3 Å². The monoisotopic (exact) mass is 485 g/mol. The van der Waals surface area contributed by atoms with Gasteiger partial charge in [0.15, 0.2) is 0 Å².